The van der Waals surface area contributed by atoms with Crippen LogP contribution in [0.1, 0.15) is 32.1 Å². The molecule has 6 nitrogen and oxygen atoms in total. The summed E-state index contributed by atoms with van der Waals surface area (Å²) in [4.78, 5) is 4.53. The summed E-state index contributed by atoms with van der Waals surface area (Å²) >= 11 is 0. The largest absolute Gasteiger partial charge is 0.455 e. The van der Waals surface area contributed by atoms with Crippen LogP contribution < -0.4 is 15.4 Å². The van der Waals surface area contributed by atoms with Gasteiger partial charge in [-0.05, 0) is 56.4 Å². The van der Waals surface area contributed by atoms with Gasteiger partial charge in [0.2, 0.25) is 5.95 Å². The molecule has 1 aliphatic rings. The summed E-state index contributed by atoms with van der Waals surface area (Å²) in [7, 11) is 0. The molecule has 2 N–H and O–H groups in total. The van der Waals surface area contributed by atoms with E-state index in [1.807, 2.05) is 54.6 Å². The van der Waals surface area contributed by atoms with E-state index < -0.39 is 0 Å². The highest BCUT2D eigenvalue weighted by Crippen LogP contribution is 2.31. The molecule has 0 aliphatic heterocycles. The van der Waals surface area contributed by atoms with E-state index in [-0.39, 0.29) is 0 Å². The zero-order valence-electron chi connectivity index (χ0n) is 16.3. The summed E-state index contributed by atoms with van der Waals surface area (Å²) in [6.45, 7) is 0.810. The van der Waals surface area contributed by atoms with Gasteiger partial charge < -0.3 is 15.4 Å². The maximum atomic E-state index is 6.00. The molecule has 0 amide bonds. The molecule has 0 spiro atoms. The lowest BCUT2D eigenvalue weighted by atomic mass is 9.97. The molecule has 4 rings (SSSR count). The Bertz CT molecular complexity index is 958. The third-order valence-electron chi connectivity index (χ3n) is 4.79. The highest BCUT2D eigenvalue weighted by molar-refractivity contribution is 5.64. The predicted molar refractivity (Wildman–Crippen MR) is 116 cm³/mol. The number of anilines is 3. The average Bonchev–Trinajstić information content (AvgIpc) is 2.77. The molecule has 1 heterocycles. The van der Waals surface area contributed by atoms with Crippen molar-refractivity contribution in [2.45, 2.75) is 32.1 Å². The highest BCUT2D eigenvalue weighted by atomic mass is 16.5. The number of benzene rings is 2. The first-order valence-electron chi connectivity index (χ1n) is 10.1. The van der Waals surface area contributed by atoms with Crippen LogP contribution in [-0.4, -0.2) is 21.7 Å². The Morgan fingerprint density at radius 3 is 2.69 bits per heavy atom. The predicted octanol–water partition coefficient (Wildman–Crippen LogP) is 5.71. The Kier molecular flexibility index (Phi) is 6.32. The van der Waals surface area contributed by atoms with Gasteiger partial charge in [0, 0.05) is 6.54 Å². The maximum Gasteiger partial charge on any atom is 0.244 e. The van der Waals surface area contributed by atoms with Crippen LogP contribution in [0.4, 0.5) is 17.5 Å². The van der Waals surface area contributed by atoms with E-state index in [1.54, 1.807) is 6.20 Å². The number of hydrogen-bond donors (Lipinski definition) is 2. The lowest BCUT2D eigenvalue weighted by Crippen LogP contribution is -2.09. The van der Waals surface area contributed by atoms with E-state index in [0.717, 1.165) is 30.2 Å². The molecule has 6 heteroatoms. The van der Waals surface area contributed by atoms with Crippen molar-refractivity contribution in [1.29, 1.82) is 0 Å². The van der Waals surface area contributed by atoms with Crippen LogP contribution in [0.3, 0.4) is 0 Å². The zero-order chi connectivity index (χ0) is 19.7. The van der Waals surface area contributed by atoms with E-state index >= 15 is 0 Å². The second-order valence-corrected chi connectivity index (χ2v) is 6.99. The van der Waals surface area contributed by atoms with Gasteiger partial charge in [-0.25, -0.2) is 0 Å². The molecule has 1 aromatic heterocycles. The molecule has 1 aliphatic carbocycles. The number of rotatable bonds is 8. The minimum atomic E-state index is 0.521. The van der Waals surface area contributed by atoms with Crippen LogP contribution in [0.15, 0.2) is 72.4 Å². The summed E-state index contributed by atoms with van der Waals surface area (Å²) in [5.74, 6) is 2.63. The van der Waals surface area contributed by atoms with Gasteiger partial charge in [-0.2, -0.15) is 10.1 Å². The third-order valence-corrected chi connectivity index (χ3v) is 4.79. The van der Waals surface area contributed by atoms with Crippen molar-refractivity contribution in [2.75, 3.05) is 17.2 Å². The number of para-hydroxylation sites is 3. The van der Waals surface area contributed by atoms with Crippen LogP contribution in [0, 0.1) is 0 Å². The number of aromatic nitrogens is 3. The zero-order valence-corrected chi connectivity index (χ0v) is 16.3. The van der Waals surface area contributed by atoms with Gasteiger partial charge in [0.15, 0.2) is 11.6 Å². The van der Waals surface area contributed by atoms with Gasteiger partial charge in [-0.1, -0.05) is 42.0 Å². The van der Waals surface area contributed by atoms with E-state index in [1.165, 1.54) is 31.3 Å². The van der Waals surface area contributed by atoms with Crippen molar-refractivity contribution in [3.8, 4) is 11.5 Å². The molecule has 148 valence electrons. The lowest BCUT2D eigenvalue weighted by molar-refractivity contribution is 0.485. The molecular formula is C23H25N5O. The molecule has 0 bridgehead atoms. The molecule has 2 aromatic carbocycles. The molecule has 0 saturated heterocycles. The van der Waals surface area contributed by atoms with E-state index in [2.05, 4.69) is 31.9 Å². The molecule has 0 radical (unpaired) electrons. The van der Waals surface area contributed by atoms with Crippen molar-refractivity contribution < 1.29 is 4.74 Å². The quantitative estimate of drug-likeness (QED) is 0.482. The second kappa shape index (κ2) is 9.68. The van der Waals surface area contributed by atoms with E-state index in [4.69, 9.17) is 4.74 Å². The van der Waals surface area contributed by atoms with Crippen molar-refractivity contribution in [1.82, 2.24) is 15.2 Å². The second-order valence-electron chi connectivity index (χ2n) is 6.99. The summed E-state index contributed by atoms with van der Waals surface area (Å²) in [5.41, 5.74) is 2.34. The Labute approximate surface area is 171 Å². The molecule has 0 saturated carbocycles. The normalized spacial score (nSPS) is 13.4. The number of allylic oxidation sites excluding steroid dienone is 1. The van der Waals surface area contributed by atoms with Crippen molar-refractivity contribution >= 4 is 17.5 Å². The Balaban J connectivity index is 1.39. The van der Waals surface area contributed by atoms with Crippen LogP contribution >= 0.6 is 0 Å². The molecule has 0 unspecified atom stereocenters. The van der Waals surface area contributed by atoms with Gasteiger partial charge in [0.25, 0.3) is 0 Å². The maximum absolute atomic E-state index is 6.00. The molecule has 0 atom stereocenters. The first-order chi connectivity index (χ1) is 14.4. The average molecular weight is 387 g/mol. The lowest BCUT2D eigenvalue weighted by Gasteiger charge is -2.14. The first-order valence-corrected chi connectivity index (χ1v) is 10.1. The number of ether oxygens (including phenoxy) is 1. The molecule has 0 fully saturated rings. The van der Waals surface area contributed by atoms with Crippen molar-refractivity contribution in [3.05, 3.63) is 72.4 Å². The van der Waals surface area contributed by atoms with Crippen molar-refractivity contribution in [2.24, 2.45) is 0 Å². The van der Waals surface area contributed by atoms with Gasteiger partial charge in [-0.15, -0.1) is 5.10 Å². The van der Waals surface area contributed by atoms with Gasteiger partial charge >= 0.3 is 0 Å². The fraction of sp³-hybridized carbons (Fsp3) is 0.261. The van der Waals surface area contributed by atoms with Crippen molar-refractivity contribution in [3.63, 3.8) is 0 Å². The smallest absolute Gasteiger partial charge is 0.244 e. The minimum Gasteiger partial charge on any atom is -0.455 e. The fourth-order valence-corrected chi connectivity index (χ4v) is 3.32. The summed E-state index contributed by atoms with van der Waals surface area (Å²) < 4.78 is 6.00. The van der Waals surface area contributed by atoms with Gasteiger partial charge in [0.05, 0.1) is 11.9 Å². The summed E-state index contributed by atoms with van der Waals surface area (Å²) in [6.07, 6.45) is 10.0. The van der Waals surface area contributed by atoms with Crippen LogP contribution in [0.25, 0.3) is 0 Å². The summed E-state index contributed by atoms with van der Waals surface area (Å²) in [6, 6.07) is 17.5. The highest BCUT2D eigenvalue weighted by Gasteiger charge is 2.08. The van der Waals surface area contributed by atoms with Crippen LogP contribution in [-0.2, 0) is 0 Å². The third kappa shape index (κ3) is 5.54. The molecule has 29 heavy (non-hydrogen) atoms. The fourth-order valence-electron chi connectivity index (χ4n) is 3.32. The Morgan fingerprint density at radius 2 is 1.83 bits per heavy atom. The monoisotopic (exact) mass is 387 g/mol. The first kappa shape index (κ1) is 18.9. The van der Waals surface area contributed by atoms with Crippen LogP contribution in [0.5, 0.6) is 11.5 Å². The minimum absolute atomic E-state index is 0.521. The van der Waals surface area contributed by atoms with E-state index in [0.29, 0.717) is 11.8 Å². The SMILES string of the molecule is C1=C(CCNc2nncc(Nc3ccccc3Oc3ccccc3)n2)CCCC1. The van der Waals surface area contributed by atoms with E-state index in [9.17, 15) is 0 Å². The van der Waals surface area contributed by atoms with Gasteiger partial charge in [0.1, 0.15) is 5.75 Å². The Hall–Kier alpha value is -3.41. The summed E-state index contributed by atoms with van der Waals surface area (Å²) in [5, 5.41) is 14.7. The Morgan fingerprint density at radius 1 is 0.966 bits per heavy atom. The molecule has 3 aromatic rings. The standard InChI is InChI=1S/C23H25N5O/c1-3-9-18(10-4-1)15-16-24-23-27-22(17-25-28-23)26-20-13-7-8-14-21(20)29-19-11-5-2-6-12-19/h2,5-9,11-14,17H,1,3-4,10,15-16H2,(H2,24,26,27,28). The number of nitrogens with zero attached hydrogens (tertiary/aromatic N) is 3. The number of nitrogens with one attached hydrogen (secondary N) is 2. The van der Waals surface area contributed by atoms with Gasteiger partial charge in [-0.3, -0.25) is 0 Å². The van der Waals surface area contributed by atoms with Crippen LogP contribution in [0.2, 0.25) is 0 Å². The molecular weight excluding hydrogens is 362 g/mol. The number of hydrogen-bond acceptors (Lipinski definition) is 6. The topological polar surface area (TPSA) is 72.0 Å².